The number of halogens is 1. The standard InChI is InChI=1S/C23H26ClN3O3/c24-17-7-9-18(10-8-17)30-19-11-15-27(16-12-19)23(29)21-6-4-5-20(25-21)22(28)26-13-2-1-3-14-26/h4-10,19H,1-3,11-16H2. The maximum absolute atomic E-state index is 12.9. The van der Waals surface area contributed by atoms with E-state index in [1.54, 1.807) is 35.2 Å². The normalized spacial score (nSPS) is 17.6. The second-order valence-electron chi connectivity index (χ2n) is 7.82. The van der Waals surface area contributed by atoms with Gasteiger partial charge < -0.3 is 14.5 Å². The molecule has 0 N–H and O–H groups in total. The molecule has 0 aliphatic carbocycles. The van der Waals surface area contributed by atoms with Gasteiger partial charge in [-0.1, -0.05) is 17.7 Å². The molecule has 4 rings (SSSR count). The number of likely N-dealkylation sites (tertiary alicyclic amines) is 2. The minimum Gasteiger partial charge on any atom is -0.490 e. The Kier molecular flexibility index (Phi) is 6.53. The molecule has 7 heteroatoms. The number of carbonyl (C=O) groups is 2. The molecular weight excluding hydrogens is 402 g/mol. The highest BCUT2D eigenvalue weighted by atomic mass is 35.5. The van der Waals surface area contributed by atoms with Crippen LogP contribution in [0.5, 0.6) is 5.75 Å². The summed E-state index contributed by atoms with van der Waals surface area (Å²) in [5, 5.41) is 0.677. The van der Waals surface area contributed by atoms with Crippen LogP contribution < -0.4 is 4.74 Å². The lowest BCUT2D eigenvalue weighted by molar-refractivity contribution is 0.0590. The zero-order valence-electron chi connectivity index (χ0n) is 16.9. The Morgan fingerprint density at radius 1 is 0.833 bits per heavy atom. The molecule has 2 fully saturated rings. The molecule has 30 heavy (non-hydrogen) atoms. The van der Waals surface area contributed by atoms with E-state index in [1.165, 1.54) is 0 Å². The second kappa shape index (κ2) is 9.47. The molecule has 0 bridgehead atoms. The number of hydrogen-bond acceptors (Lipinski definition) is 4. The Bertz CT molecular complexity index is 889. The van der Waals surface area contributed by atoms with Gasteiger partial charge in [0.2, 0.25) is 0 Å². The largest absolute Gasteiger partial charge is 0.490 e. The van der Waals surface area contributed by atoms with Gasteiger partial charge in [-0.25, -0.2) is 4.98 Å². The topological polar surface area (TPSA) is 62.7 Å². The van der Waals surface area contributed by atoms with E-state index in [0.29, 0.717) is 29.5 Å². The predicted octanol–water partition coefficient (Wildman–Crippen LogP) is 4.04. The van der Waals surface area contributed by atoms with E-state index in [1.807, 2.05) is 17.0 Å². The predicted molar refractivity (Wildman–Crippen MR) is 115 cm³/mol. The van der Waals surface area contributed by atoms with E-state index in [9.17, 15) is 9.59 Å². The van der Waals surface area contributed by atoms with Gasteiger partial charge in [0, 0.05) is 44.0 Å². The lowest BCUT2D eigenvalue weighted by atomic mass is 10.1. The molecule has 2 saturated heterocycles. The van der Waals surface area contributed by atoms with E-state index in [4.69, 9.17) is 16.3 Å². The number of hydrogen-bond donors (Lipinski definition) is 0. The van der Waals surface area contributed by atoms with Crippen LogP contribution in [0.2, 0.25) is 5.02 Å². The van der Waals surface area contributed by atoms with Crippen LogP contribution in [-0.2, 0) is 0 Å². The second-order valence-corrected chi connectivity index (χ2v) is 8.26. The summed E-state index contributed by atoms with van der Waals surface area (Å²) < 4.78 is 6.00. The van der Waals surface area contributed by atoms with E-state index >= 15 is 0 Å². The van der Waals surface area contributed by atoms with Crippen LogP contribution in [0.4, 0.5) is 0 Å². The van der Waals surface area contributed by atoms with Crippen molar-refractivity contribution in [1.29, 1.82) is 0 Å². The van der Waals surface area contributed by atoms with Crippen molar-refractivity contribution in [2.24, 2.45) is 0 Å². The molecule has 3 heterocycles. The van der Waals surface area contributed by atoms with Crippen molar-refractivity contribution in [2.45, 2.75) is 38.2 Å². The van der Waals surface area contributed by atoms with E-state index in [-0.39, 0.29) is 17.9 Å². The third-order valence-electron chi connectivity index (χ3n) is 5.68. The molecular formula is C23H26ClN3O3. The van der Waals surface area contributed by atoms with Crippen molar-refractivity contribution in [3.05, 3.63) is 58.9 Å². The summed E-state index contributed by atoms with van der Waals surface area (Å²) in [6, 6.07) is 12.4. The number of rotatable bonds is 4. The Hall–Kier alpha value is -2.60. The molecule has 158 valence electrons. The monoisotopic (exact) mass is 427 g/mol. The average Bonchev–Trinajstić information content (AvgIpc) is 2.81. The summed E-state index contributed by atoms with van der Waals surface area (Å²) in [5.74, 6) is 0.572. The maximum atomic E-state index is 12.9. The third kappa shape index (κ3) is 4.93. The van der Waals surface area contributed by atoms with Crippen LogP contribution in [0.1, 0.15) is 53.1 Å². The molecule has 2 amide bonds. The highest BCUT2D eigenvalue weighted by Gasteiger charge is 2.26. The number of benzene rings is 1. The molecule has 2 aromatic rings. The van der Waals surface area contributed by atoms with Gasteiger partial charge >= 0.3 is 0 Å². The number of carbonyl (C=O) groups excluding carboxylic acids is 2. The minimum absolute atomic E-state index is 0.0650. The first-order valence-corrected chi connectivity index (χ1v) is 11.0. The number of piperidine rings is 2. The van der Waals surface area contributed by atoms with Crippen LogP contribution in [0.15, 0.2) is 42.5 Å². The number of amides is 2. The highest BCUT2D eigenvalue weighted by Crippen LogP contribution is 2.22. The number of pyridine rings is 1. The van der Waals surface area contributed by atoms with Gasteiger partial charge in [0.05, 0.1) is 0 Å². The summed E-state index contributed by atoms with van der Waals surface area (Å²) in [4.78, 5) is 33.7. The molecule has 0 atom stereocenters. The SMILES string of the molecule is O=C(c1cccc(C(=O)N2CCC(Oc3ccc(Cl)cc3)CC2)n1)N1CCCCC1. The fourth-order valence-electron chi connectivity index (χ4n) is 3.98. The molecule has 0 spiro atoms. The molecule has 0 saturated carbocycles. The highest BCUT2D eigenvalue weighted by molar-refractivity contribution is 6.30. The smallest absolute Gasteiger partial charge is 0.272 e. The quantitative estimate of drug-likeness (QED) is 0.738. The van der Waals surface area contributed by atoms with Crippen LogP contribution in [0, 0.1) is 0 Å². The average molecular weight is 428 g/mol. The molecule has 2 aliphatic heterocycles. The van der Waals surface area contributed by atoms with Gasteiger partial charge in [0.15, 0.2) is 0 Å². The van der Waals surface area contributed by atoms with Crippen molar-refractivity contribution in [2.75, 3.05) is 26.2 Å². The lowest BCUT2D eigenvalue weighted by Gasteiger charge is -2.32. The summed E-state index contributed by atoms with van der Waals surface area (Å²) >= 11 is 5.91. The molecule has 1 aromatic carbocycles. The summed E-state index contributed by atoms with van der Waals surface area (Å²) in [7, 11) is 0. The number of ether oxygens (including phenoxy) is 1. The number of nitrogens with zero attached hydrogens (tertiary/aromatic N) is 3. The minimum atomic E-state index is -0.131. The van der Waals surface area contributed by atoms with Gasteiger partial charge in [0.1, 0.15) is 23.2 Å². The van der Waals surface area contributed by atoms with Crippen LogP contribution in [0.25, 0.3) is 0 Å². The molecule has 0 radical (unpaired) electrons. The zero-order valence-corrected chi connectivity index (χ0v) is 17.7. The van der Waals surface area contributed by atoms with Gasteiger partial charge in [-0.2, -0.15) is 0 Å². The zero-order chi connectivity index (χ0) is 20.9. The fourth-order valence-corrected chi connectivity index (χ4v) is 4.10. The molecule has 1 aromatic heterocycles. The van der Waals surface area contributed by atoms with Crippen molar-refractivity contribution in [3.8, 4) is 5.75 Å². The van der Waals surface area contributed by atoms with Gasteiger partial charge in [-0.05, 0) is 55.7 Å². The van der Waals surface area contributed by atoms with Crippen LogP contribution >= 0.6 is 11.6 Å². The first kappa shape index (κ1) is 20.7. The Labute approximate surface area is 181 Å². The van der Waals surface area contributed by atoms with Crippen molar-refractivity contribution in [3.63, 3.8) is 0 Å². The van der Waals surface area contributed by atoms with Crippen molar-refractivity contribution >= 4 is 23.4 Å². The van der Waals surface area contributed by atoms with Crippen molar-refractivity contribution < 1.29 is 14.3 Å². The molecule has 0 unspecified atom stereocenters. The van der Waals surface area contributed by atoms with Gasteiger partial charge in [0.25, 0.3) is 11.8 Å². The fraction of sp³-hybridized carbons (Fsp3) is 0.435. The van der Waals surface area contributed by atoms with E-state index in [0.717, 1.165) is 50.9 Å². The first-order valence-electron chi connectivity index (χ1n) is 10.6. The van der Waals surface area contributed by atoms with Gasteiger partial charge in [-0.3, -0.25) is 9.59 Å². The molecule has 6 nitrogen and oxygen atoms in total. The van der Waals surface area contributed by atoms with E-state index in [2.05, 4.69) is 4.98 Å². The maximum Gasteiger partial charge on any atom is 0.272 e. The molecule has 2 aliphatic rings. The third-order valence-corrected chi connectivity index (χ3v) is 5.93. The Morgan fingerprint density at radius 3 is 2.00 bits per heavy atom. The van der Waals surface area contributed by atoms with Gasteiger partial charge in [-0.15, -0.1) is 0 Å². The van der Waals surface area contributed by atoms with Crippen molar-refractivity contribution in [1.82, 2.24) is 14.8 Å². The summed E-state index contributed by atoms with van der Waals surface area (Å²) in [6.07, 6.45) is 4.78. The Balaban J connectivity index is 1.34. The first-order chi connectivity index (χ1) is 14.6. The number of aromatic nitrogens is 1. The van der Waals surface area contributed by atoms with Crippen LogP contribution in [-0.4, -0.2) is 58.9 Å². The lowest BCUT2D eigenvalue weighted by Crippen LogP contribution is -2.42. The summed E-state index contributed by atoms with van der Waals surface area (Å²) in [5.41, 5.74) is 0.679. The Morgan fingerprint density at radius 2 is 1.40 bits per heavy atom. The van der Waals surface area contributed by atoms with E-state index < -0.39 is 0 Å². The van der Waals surface area contributed by atoms with Crippen LogP contribution in [0.3, 0.4) is 0 Å². The summed E-state index contributed by atoms with van der Waals surface area (Å²) in [6.45, 7) is 2.73.